The summed E-state index contributed by atoms with van der Waals surface area (Å²) >= 11 is 5.93. The number of benzene rings is 1. The molecule has 0 fully saturated rings. The van der Waals surface area contributed by atoms with Gasteiger partial charge in [0.05, 0.1) is 6.54 Å². The first-order chi connectivity index (χ1) is 11.1. The summed E-state index contributed by atoms with van der Waals surface area (Å²) in [6.07, 6.45) is 0. The number of aromatic nitrogens is 3. The Bertz CT molecular complexity index is 829. The molecule has 2 aromatic heterocycles. The fourth-order valence-corrected chi connectivity index (χ4v) is 2.03. The quantitative estimate of drug-likeness (QED) is 0.760. The minimum Gasteiger partial charge on any atom is -0.354 e. The van der Waals surface area contributed by atoms with Gasteiger partial charge in [-0.1, -0.05) is 34.0 Å². The molecule has 2 amide bonds. The molecule has 0 spiro atoms. The van der Waals surface area contributed by atoms with Crippen molar-refractivity contribution in [3.8, 4) is 11.3 Å². The maximum atomic E-state index is 11.8. The molecule has 0 aliphatic heterocycles. The van der Waals surface area contributed by atoms with Gasteiger partial charge in [-0.25, -0.2) is 4.79 Å². The third-order valence-electron chi connectivity index (χ3n) is 2.83. The van der Waals surface area contributed by atoms with E-state index in [-0.39, 0.29) is 12.4 Å². The summed E-state index contributed by atoms with van der Waals surface area (Å²) in [4.78, 5) is 15.8. The van der Waals surface area contributed by atoms with Gasteiger partial charge in [0.1, 0.15) is 0 Å². The van der Waals surface area contributed by atoms with Gasteiger partial charge in [0, 0.05) is 16.7 Å². The van der Waals surface area contributed by atoms with Crippen LogP contribution in [-0.2, 0) is 6.54 Å². The van der Waals surface area contributed by atoms with E-state index in [1.54, 1.807) is 31.2 Å². The van der Waals surface area contributed by atoms with E-state index in [2.05, 4.69) is 25.9 Å². The zero-order valence-corrected chi connectivity index (χ0v) is 12.8. The predicted molar refractivity (Wildman–Crippen MR) is 81.8 cm³/mol. The number of aryl methyl sites for hydroxylation is 1. The van der Waals surface area contributed by atoms with E-state index in [4.69, 9.17) is 20.6 Å². The van der Waals surface area contributed by atoms with Gasteiger partial charge >= 0.3 is 6.03 Å². The Kier molecular flexibility index (Phi) is 4.24. The number of hydrogen-bond acceptors (Lipinski definition) is 6. The van der Waals surface area contributed by atoms with E-state index in [0.717, 1.165) is 5.56 Å². The number of nitrogens with zero attached hydrogens (tertiary/aromatic N) is 3. The molecule has 0 bridgehead atoms. The molecule has 3 aromatic rings. The molecule has 23 heavy (non-hydrogen) atoms. The predicted octanol–water partition coefficient (Wildman–Crippen LogP) is 3.01. The van der Waals surface area contributed by atoms with Crippen molar-refractivity contribution in [1.82, 2.24) is 20.6 Å². The van der Waals surface area contributed by atoms with E-state index in [1.807, 2.05) is 6.07 Å². The van der Waals surface area contributed by atoms with Gasteiger partial charge in [-0.05, 0) is 19.1 Å². The molecule has 9 heteroatoms. The first-order valence-electron chi connectivity index (χ1n) is 6.67. The van der Waals surface area contributed by atoms with Crippen molar-refractivity contribution in [3.63, 3.8) is 0 Å². The Balaban J connectivity index is 1.59. The van der Waals surface area contributed by atoms with Crippen molar-refractivity contribution >= 4 is 23.4 Å². The summed E-state index contributed by atoms with van der Waals surface area (Å²) in [5.74, 6) is 1.59. The van der Waals surface area contributed by atoms with Gasteiger partial charge in [-0.3, -0.25) is 5.32 Å². The topological polar surface area (TPSA) is 106 Å². The number of nitrogens with one attached hydrogen (secondary N) is 2. The van der Waals surface area contributed by atoms with Crippen LogP contribution in [0, 0.1) is 6.92 Å². The molecule has 3 rings (SSSR count). The van der Waals surface area contributed by atoms with Crippen LogP contribution in [0.2, 0.25) is 5.02 Å². The van der Waals surface area contributed by atoms with E-state index in [0.29, 0.717) is 22.5 Å². The summed E-state index contributed by atoms with van der Waals surface area (Å²) < 4.78 is 10.1. The summed E-state index contributed by atoms with van der Waals surface area (Å²) in [6, 6.07) is 8.26. The van der Waals surface area contributed by atoms with Crippen LogP contribution in [0.15, 0.2) is 39.4 Å². The number of anilines is 1. The molecule has 118 valence electrons. The monoisotopic (exact) mass is 333 g/mol. The van der Waals surface area contributed by atoms with Gasteiger partial charge in [0.25, 0.3) is 0 Å². The van der Waals surface area contributed by atoms with Crippen LogP contribution >= 0.6 is 11.6 Å². The zero-order valence-electron chi connectivity index (χ0n) is 12.0. The second-order valence-corrected chi connectivity index (χ2v) is 5.07. The number of halogens is 1. The van der Waals surface area contributed by atoms with E-state index < -0.39 is 6.03 Å². The minimum absolute atomic E-state index is 0.117. The first-order valence-corrected chi connectivity index (χ1v) is 7.04. The number of carbonyl (C=O) groups excluding carboxylic acids is 1. The lowest BCUT2D eigenvalue weighted by atomic mass is 10.2. The van der Waals surface area contributed by atoms with Crippen LogP contribution in [-0.4, -0.2) is 21.3 Å². The van der Waals surface area contributed by atoms with Crippen LogP contribution in [0.5, 0.6) is 0 Å². The van der Waals surface area contributed by atoms with Gasteiger partial charge in [0.15, 0.2) is 17.4 Å². The smallest absolute Gasteiger partial charge is 0.320 e. The average molecular weight is 334 g/mol. The lowest BCUT2D eigenvalue weighted by molar-refractivity contribution is 0.249. The number of hydrogen-bond donors (Lipinski definition) is 2. The van der Waals surface area contributed by atoms with Crippen LogP contribution in [0.3, 0.4) is 0 Å². The molecule has 0 aliphatic carbocycles. The summed E-state index contributed by atoms with van der Waals surface area (Å²) in [7, 11) is 0. The van der Waals surface area contributed by atoms with Crippen molar-refractivity contribution in [2.24, 2.45) is 0 Å². The molecule has 0 saturated heterocycles. The van der Waals surface area contributed by atoms with Crippen LogP contribution < -0.4 is 10.6 Å². The highest BCUT2D eigenvalue weighted by molar-refractivity contribution is 6.30. The molecular weight excluding hydrogens is 322 g/mol. The lowest BCUT2D eigenvalue weighted by Gasteiger charge is -2.01. The molecule has 0 unspecified atom stereocenters. The Morgan fingerprint density at radius 2 is 2.13 bits per heavy atom. The average Bonchev–Trinajstić information content (AvgIpc) is 3.14. The van der Waals surface area contributed by atoms with E-state index >= 15 is 0 Å². The van der Waals surface area contributed by atoms with Crippen molar-refractivity contribution < 1.29 is 13.8 Å². The number of amides is 2. The van der Waals surface area contributed by atoms with Crippen LogP contribution in [0.25, 0.3) is 11.3 Å². The summed E-state index contributed by atoms with van der Waals surface area (Å²) in [6.45, 7) is 1.81. The van der Waals surface area contributed by atoms with Crippen LogP contribution in [0.1, 0.15) is 11.7 Å². The SMILES string of the molecule is Cc1noc(CNC(=O)Nc2cc(-c3cccc(Cl)c3)on2)n1. The Labute approximate surface area is 135 Å². The Hall–Kier alpha value is -2.87. The maximum absolute atomic E-state index is 11.8. The minimum atomic E-state index is -0.466. The van der Waals surface area contributed by atoms with E-state index in [9.17, 15) is 4.79 Å². The van der Waals surface area contributed by atoms with Gasteiger partial charge in [-0.2, -0.15) is 4.98 Å². The molecule has 0 radical (unpaired) electrons. The lowest BCUT2D eigenvalue weighted by Crippen LogP contribution is -2.28. The van der Waals surface area contributed by atoms with Gasteiger partial charge < -0.3 is 14.4 Å². The highest BCUT2D eigenvalue weighted by Crippen LogP contribution is 2.24. The molecule has 2 heterocycles. The number of rotatable bonds is 4. The summed E-state index contributed by atoms with van der Waals surface area (Å²) in [5, 5.41) is 13.1. The highest BCUT2D eigenvalue weighted by Gasteiger charge is 2.11. The molecule has 0 aliphatic rings. The second-order valence-electron chi connectivity index (χ2n) is 4.63. The largest absolute Gasteiger partial charge is 0.354 e. The van der Waals surface area contributed by atoms with Gasteiger partial charge in [-0.15, -0.1) is 0 Å². The van der Waals surface area contributed by atoms with Crippen LogP contribution in [0.4, 0.5) is 10.6 Å². The Morgan fingerprint density at radius 3 is 2.87 bits per heavy atom. The highest BCUT2D eigenvalue weighted by atomic mass is 35.5. The number of carbonyl (C=O) groups is 1. The molecule has 0 atom stereocenters. The van der Waals surface area contributed by atoms with Crippen molar-refractivity contribution in [2.45, 2.75) is 13.5 Å². The molecule has 2 N–H and O–H groups in total. The number of urea groups is 1. The third-order valence-corrected chi connectivity index (χ3v) is 3.07. The fourth-order valence-electron chi connectivity index (χ4n) is 1.84. The zero-order chi connectivity index (χ0) is 16.2. The first kappa shape index (κ1) is 15.0. The van der Waals surface area contributed by atoms with Gasteiger partial charge in [0.2, 0.25) is 5.89 Å². The molecule has 1 aromatic carbocycles. The van der Waals surface area contributed by atoms with E-state index in [1.165, 1.54) is 0 Å². The maximum Gasteiger partial charge on any atom is 0.320 e. The van der Waals surface area contributed by atoms with Crippen molar-refractivity contribution in [2.75, 3.05) is 5.32 Å². The second kappa shape index (κ2) is 6.49. The normalized spacial score (nSPS) is 10.5. The molecular formula is C14H12ClN5O3. The molecule has 8 nitrogen and oxygen atoms in total. The molecule has 0 saturated carbocycles. The summed E-state index contributed by atoms with van der Waals surface area (Å²) in [5.41, 5.74) is 0.764. The van der Waals surface area contributed by atoms with Crippen molar-refractivity contribution in [3.05, 3.63) is 47.1 Å². The Morgan fingerprint density at radius 1 is 1.26 bits per heavy atom. The van der Waals surface area contributed by atoms with Crippen molar-refractivity contribution in [1.29, 1.82) is 0 Å². The third kappa shape index (κ3) is 3.86. The standard InChI is InChI=1S/C14H12ClN5O3/c1-8-17-13(23-19-8)7-16-14(21)18-12-6-11(22-20-12)9-3-2-4-10(15)5-9/h2-6H,7H2,1H3,(H2,16,18,20,21). The fraction of sp³-hybridized carbons (Fsp3) is 0.143.